The van der Waals surface area contributed by atoms with Gasteiger partial charge in [-0.1, -0.05) is 6.92 Å². The fourth-order valence-corrected chi connectivity index (χ4v) is 3.19. The summed E-state index contributed by atoms with van der Waals surface area (Å²) < 4.78 is 34.7. The minimum absolute atomic E-state index is 0.189. The van der Waals surface area contributed by atoms with Crippen molar-refractivity contribution in [3.05, 3.63) is 0 Å². The summed E-state index contributed by atoms with van der Waals surface area (Å²) in [5.74, 6) is -0.246. The number of hydrogen-bond acceptors (Lipinski definition) is 6. The van der Waals surface area contributed by atoms with Gasteiger partial charge in [0.15, 0.2) is 0 Å². The Bertz CT molecular complexity index is 553. The van der Waals surface area contributed by atoms with Gasteiger partial charge >= 0.3 is 16.4 Å². The smallest absolute Gasteiger partial charge is 0.309 e. The van der Waals surface area contributed by atoms with E-state index in [1.807, 2.05) is 13.8 Å². The minimum Gasteiger partial charge on any atom is -0.309 e. The number of hydrogen-bond donors (Lipinski definition) is 2. The van der Waals surface area contributed by atoms with Crippen LogP contribution in [0.2, 0.25) is 0 Å². The van der Waals surface area contributed by atoms with Gasteiger partial charge in [-0.25, -0.2) is 10.2 Å². The molecule has 2 aliphatic rings. The number of rotatable bonds is 6. The first-order chi connectivity index (χ1) is 10.3. The van der Waals surface area contributed by atoms with Gasteiger partial charge in [-0.2, -0.15) is 13.5 Å². The van der Waals surface area contributed by atoms with E-state index in [1.165, 1.54) is 9.91 Å². The van der Waals surface area contributed by atoms with Crippen molar-refractivity contribution in [2.24, 2.45) is 0 Å². The summed E-state index contributed by atoms with van der Waals surface area (Å²) in [5, 5.41) is 2.07. The molecule has 0 saturated carbocycles. The van der Waals surface area contributed by atoms with E-state index in [9.17, 15) is 18.0 Å². The van der Waals surface area contributed by atoms with E-state index < -0.39 is 28.5 Å². The maximum atomic E-state index is 12.5. The maximum Gasteiger partial charge on any atom is 0.418 e. The molecule has 0 aliphatic carbocycles. The van der Waals surface area contributed by atoms with E-state index in [2.05, 4.69) is 9.71 Å². The number of piperidine rings is 1. The van der Waals surface area contributed by atoms with Crippen molar-refractivity contribution in [2.75, 3.05) is 19.6 Å². The molecule has 0 aromatic carbocycles. The number of nitrogens with zero attached hydrogens (tertiary/aromatic N) is 3. The predicted octanol–water partition coefficient (Wildman–Crippen LogP) is -0.638. The van der Waals surface area contributed by atoms with Crippen LogP contribution in [0.4, 0.5) is 4.79 Å². The normalized spacial score (nSPS) is 24.8. The Morgan fingerprint density at radius 2 is 2.14 bits per heavy atom. The lowest BCUT2D eigenvalue weighted by Gasteiger charge is -2.33. The average Bonchev–Trinajstić information content (AvgIpc) is 2.68. The number of hydrazine groups is 1. The fourth-order valence-electron chi connectivity index (χ4n) is 2.80. The largest absolute Gasteiger partial charge is 0.418 e. The highest BCUT2D eigenvalue weighted by Crippen LogP contribution is 2.31. The summed E-state index contributed by atoms with van der Waals surface area (Å²) in [6.07, 6.45) is 0.820. The zero-order valence-corrected chi connectivity index (χ0v) is 13.2. The van der Waals surface area contributed by atoms with Gasteiger partial charge in [0.2, 0.25) is 0 Å². The SMILES string of the molecule is CCNN(CC)C(=O)[C@@H]1CC[C@@H]2CN1C(=O)N2OS(=O)(=O)O. The van der Waals surface area contributed by atoms with Crippen LogP contribution in [0.25, 0.3) is 0 Å². The zero-order chi connectivity index (χ0) is 16.5. The third kappa shape index (κ3) is 3.32. The van der Waals surface area contributed by atoms with Crippen LogP contribution in [-0.4, -0.2) is 71.6 Å². The summed E-state index contributed by atoms with van der Waals surface area (Å²) in [4.78, 5) is 26.0. The van der Waals surface area contributed by atoms with Crippen LogP contribution >= 0.6 is 0 Å². The van der Waals surface area contributed by atoms with Crippen molar-refractivity contribution in [2.45, 2.75) is 38.8 Å². The Hall–Kier alpha value is -1.43. The van der Waals surface area contributed by atoms with Crippen molar-refractivity contribution in [1.29, 1.82) is 0 Å². The monoisotopic (exact) mass is 336 g/mol. The standard InChI is InChI=1S/C11H20N4O6S/c1-3-12-14(4-2)10(16)9-6-5-8-7-13(9)11(17)15(8)21-22(18,19)20/h8-9,12H,3-7H2,1-2H3,(H,18,19,20)/t8-,9+/m1/s1. The molecule has 2 rings (SSSR count). The van der Waals surface area contributed by atoms with E-state index >= 15 is 0 Å². The second-order valence-electron chi connectivity index (χ2n) is 5.10. The van der Waals surface area contributed by atoms with Crippen molar-refractivity contribution in [3.8, 4) is 0 Å². The first-order valence-electron chi connectivity index (χ1n) is 7.10. The van der Waals surface area contributed by atoms with Crippen LogP contribution in [0.3, 0.4) is 0 Å². The molecular weight excluding hydrogens is 316 g/mol. The molecule has 0 aromatic heterocycles. The molecule has 2 heterocycles. The highest BCUT2D eigenvalue weighted by Gasteiger charge is 2.49. The molecule has 2 atom stereocenters. The van der Waals surface area contributed by atoms with Gasteiger partial charge in [0.25, 0.3) is 5.91 Å². The molecule has 11 heteroatoms. The molecule has 2 aliphatic heterocycles. The minimum atomic E-state index is -4.78. The quantitative estimate of drug-likeness (QED) is 0.489. The molecule has 0 spiro atoms. The summed E-state index contributed by atoms with van der Waals surface area (Å²) in [6.45, 7) is 4.87. The number of likely N-dealkylation sites (N-methyl/N-ethyl adjacent to an activating group) is 1. The topological polar surface area (TPSA) is 119 Å². The Morgan fingerprint density at radius 1 is 1.45 bits per heavy atom. The summed E-state index contributed by atoms with van der Waals surface area (Å²) in [6, 6.07) is -1.89. The van der Waals surface area contributed by atoms with E-state index in [1.54, 1.807) is 0 Å². The maximum absolute atomic E-state index is 12.5. The third-order valence-electron chi connectivity index (χ3n) is 3.71. The molecule has 126 valence electrons. The predicted molar refractivity (Wildman–Crippen MR) is 74.4 cm³/mol. The Kier molecular flexibility index (Phi) is 4.90. The molecule has 10 nitrogen and oxygen atoms in total. The van der Waals surface area contributed by atoms with Crippen LogP contribution in [0.1, 0.15) is 26.7 Å². The van der Waals surface area contributed by atoms with E-state index in [0.717, 1.165) is 0 Å². The summed E-state index contributed by atoms with van der Waals surface area (Å²) in [5.41, 5.74) is 2.92. The molecule has 0 aromatic rings. The highest BCUT2D eigenvalue weighted by atomic mass is 32.3. The third-order valence-corrected chi connectivity index (χ3v) is 4.06. The van der Waals surface area contributed by atoms with Crippen molar-refractivity contribution in [3.63, 3.8) is 0 Å². The van der Waals surface area contributed by atoms with Crippen molar-refractivity contribution < 1.29 is 26.8 Å². The van der Waals surface area contributed by atoms with Gasteiger partial charge in [0.05, 0.1) is 6.04 Å². The number of carbonyl (C=O) groups is 2. The van der Waals surface area contributed by atoms with Gasteiger partial charge < -0.3 is 4.90 Å². The number of fused-ring (bicyclic) bond motifs is 2. The number of carbonyl (C=O) groups excluding carboxylic acids is 2. The van der Waals surface area contributed by atoms with Crippen LogP contribution in [-0.2, 0) is 19.5 Å². The summed E-state index contributed by atoms with van der Waals surface area (Å²) >= 11 is 0. The van der Waals surface area contributed by atoms with E-state index in [0.29, 0.717) is 31.0 Å². The van der Waals surface area contributed by atoms with Crippen LogP contribution in [0.15, 0.2) is 0 Å². The fraction of sp³-hybridized carbons (Fsp3) is 0.818. The highest BCUT2D eigenvalue weighted by molar-refractivity contribution is 7.80. The molecule has 0 radical (unpaired) electrons. The second kappa shape index (κ2) is 6.36. The number of nitrogens with one attached hydrogen (secondary N) is 1. The Morgan fingerprint density at radius 3 is 2.68 bits per heavy atom. The molecular formula is C11H20N4O6S. The van der Waals surface area contributed by atoms with Crippen molar-refractivity contribution in [1.82, 2.24) is 20.4 Å². The molecule has 22 heavy (non-hydrogen) atoms. The molecule has 2 N–H and O–H groups in total. The van der Waals surface area contributed by atoms with E-state index in [-0.39, 0.29) is 12.5 Å². The van der Waals surface area contributed by atoms with Crippen LogP contribution < -0.4 is 5.43 Å². The lowest BCUT2D eigenvalue weighted by Crippen LogP contribution is -2.54. The molecule has 2 bridgehead atoms. The Labute approximate surface area is 128 Å². The lowest BCUT2D eigenvalue weighted by molar-refractivity contribution is -0.139. The molecule has 0 unspecified atom stereocenters. The first kappa shape index (κ1) is 16.9. The van der Waals surface area contributed by atoms with Gasteiger partial charge in [0.1, 0.15) is 6.04 Å². The first-order valence-corrected chi connectivity index (χ1v) is 8.46. The number of hydroxylamine groups is 2. The van der Waals surface area contributed by atoms with Crippen LogP contribution in [0, 0.1) is 0 Å². The van der Waals surface area contributed by atoms with E-state index in [4.69, 9.17) is 4.55 Å². The lowest BCUT2D eigenvalue weighted by atomic mass is 10.00. The molecule has 2 saturated heterocycles. The van der Waals surface area contributed by atoms with Gasteiger partial charge in [-0.3, -0.25) is 14.4 Å². The zero-order valence-electron chi connectivity index (χ0n) is 12.4. The second-order valence-corrected chi connectivity index (χ2v) is 6.11. The van der Waals surface area contributed by atoms with Gasteiger partial charge in [0, 0.05) is 19.6 Å². The van der Waals surface area contributed by atoms with Crippen molar-refractivity contribution >= 4 is 22.3 Å². The van der Waals surface area contributed by atoms with Gasteiger partial charge in [-0.15, -0.1) is 4.28 Å². The molecule has 2 fully saturated rings. The van der Waals surface area contributed by atoms with Crippen LogP contribution in [0.5, 0.6) is 0 Å². The number of urea groups is 1. The average molecular weight is 336 g/mol. The number of amides is 3. The van der Waals surface area contributed by atoms with Gasteiger partial charge in [-0.05, 0) is 19.8 Å². The Balaban J connectivity index is 2.13. The summed E-state index contributed by atoms with van der Waals surface area (Å²) in [7, 11) is -4.78. The molecule has 3 amide bonds.